The summed E-state index contributed by atoms with van der Waals surface area (Å²) < 4.78 is 5.74. The summed E-state index contributed by atoms with van der Waals surface area (Å²) in [6.45, 7) is 9.26. The fourth-order valence-corrected chi connectivity index (χ4v) is 2.49. The van der Waals surface area contributed by atoms with Crippen molar-refractivity contribution < 1.29 is 9.53 Å². The topological polar surface area (TPSA) is 38.3 Å². The highest BCUT2D eigenvalue weighted by molar-refractivity contribution is 5.90. The monoisotopic (exact) mass is 339 g/mol. The van der Waals surface area contributed by atoms with E-state index >= 15 is 0 Å². The second-order valence-electron chi connectivity index (χ2n) is 7.13. The van der Waals surface area contributed by atoms with Crippen LogP contribution in [0.4, 0.5) is 5.69 Å². The van der Waals surface area contributed by atoms with Crippen molar-refractivity contribution >= 4 is 11.6 Å². The van der Waals surface area contributed by atoms with Crippen LogP contribution in [0.1, 0.15) is 51.2 Å². The summed E-state index contributed by atoms with van der Waals surface area (Å²) in [5, 5.41) is 2.90. The van der Waals surface area contributed by atoms with Crippen LogP contribution in [0.25, 0.3) is 0 Å². The van der Waals surface area contributed by atoms with Gasteiger partial charge < -0.3 is 10.1 Å². The Balaban J connectivity index is 1.72. The first kappa shape index (κ1) is 19.0. The summed E-state index contributed by atoms with van der Waals surface area (Å²) in [6.07, 6.45) is 2.25. The lowest BCUT2D eigenvalue weighted by atomic mass is 9.82. The molecule has 3 nitrogen and oxygen atoms in total. The minimum absolute atomic E-state index is 0.0208. The number of ether oxygens (including phenoxy) is 1. The molecule has 2 rings (SSSR count). The highest BCUT2D eigenvalue weighted by Crippen LogP contribution is 2.28. The number of nitrogens with one attached hydrogen (secondary N) is 1. The minimum Gasteiger partial charge on any atom is -0.494 e. The Morgan fingerprint density at radius 3 is 2.28 bits per heavy atom. The van der Waals surface area contributed by atoms with Gasteiger partial charge in [-0.15, -0.1) is 0 Å². The van der Waals surface area contributed by atoms with Crippen LogP contribution >= 0.6 is 0 Å². The van der Waals surface area contributed by atoms with E-state index in [-0.39, 0.29) is 11.3 Å². The molecule has 0 radical (unpaired) electrons. The van der Waals surface area contributed by atoms with Crippen LogP contribution in [-0.4, -0.2) is 12.5 Å². The molecule has 134 valence electrons. The standard InChI is InChI=1S/C22H29NO2/c1-5-22(3,4)18-10-14-20(15-11-18)25-16-6-7-21(24)23-19-12-8-17(2)9-13-19/h8-15H,5-7,16H2,1-4H3,(H,23,24). The van der Waals surface area contributed by atoms with Gasteiger partial charge in [-0.1, -0.05) is 50.6 Å². The molecule has 2 aromatic carbocycles. The van der Waals surface area contributed by atoms with E-state index in [1.807, 2.05) is 43.3 Å². The lowest BCUT2D eigenvalue weighted by molar-refractivity contribution is -0.116. The van der Waals surface area contributed by atoms with Gasteiger partial charge in [0.15, 0.2) is 0 Å². The maximum Gasteiger partial charge on any atom is 0.224 e. The SMILES string of the molecule is CCC(C)(C)c1ccc(OCCCC(=O)Nc2ccc(C)cc2)cc1. The largest absolute Gasteiger partial charge is 0.494 e. The number of rotatable bonds is 8. The van der Waals surface area contributed by atoms with Gasteiger partial charge in [-0.05, 0) is 55.0 Å². The molecule has 0 aliphatic heterocycles. The van der Waals surface area contributed by atoms with Crippen LogP contribution < -0.4 is 10.1 Å². The van der Waals surface area contributed by atoms with Crippen molar-refractivity contribution in [1.82, 2.24) is 0 Å². The third-order valence-corrected chi connectivity index (χ3v) is 4.67. The molecule has 0 aromatic heterocycles. The second-order valence-corrected chi connectivity index (χ2v) is 7.13. The van der Waals surface area contributed by atoms with E-state index in [4.69, 9.17) is 4.74 Å². The molecule has 0 saturated carbocycles. The number of aryl methyl sites for hydroxylation is 1. The maximum absolute atomic E-state index is 11.9. The molecule has 0 bridgehead atoms. The Hall–Kier alpha value is -2.29. The van der Waals surface area contributed by atoms with E-state index in [2.05, 4.69) is 38.2 Å². The molecule has 0 atom stereocenters. The second kappa shape index (κ2) is 8.70. The zero-order valence-electron chi connectivity index (χ0n) is 15.8. The molecule has 2 aromatic rings. The van der Waals surface area contributed by atoms with Crippen LogP contribution in [0.15, 0.2) is 48.5 Å². The molecule has 0 heterocycles. The summed E-state index contributed by atoms with van der Waals surface area (Å²) in [6, 6.07) is 16.1. The van der Waals surface area contributed by atoms with Gasteiger partial charge in [-0.2, -0.15) is 0 Å². The van der Waals surface area contributed by atoms with Gasteiger partial charge in [0.1, 0.15) is 5.75 Å². The van der Waals surface area contributed by atoms with Gasteiger partial charge in [0.05, 0.1) is 6.61 Å². The Kier molecular flexibility index (Phi) is 6.63. The van der Waals surface area contributed by atoms with Gasteiger partial charge in [0, 0.05) is 12.1 Å². The van der Waals surface area contributed by atoms with E-state index < -0.39 is 0 Å². The summed E-state index contributed by atoms with van der Waals surface area (Å²) in [7, 11) is 0. The number of hydrogen-bond acceptors (Lipinski definition) is 2. The van der Waals surface area contributed by atoms with Gasteiger partial charge in [-0.25, -0.2) is 0 Å². The predicted octanol–water partition coefficient (Wildman–Crippen LogP) is 5.48. The molecule has 0 unspecified atom stereocenters. The highest BCUT2D eigenvalue weighted by Gasteiger charge is 2.17. The molecular formula is C22H29NO2. The first-order valence-corrected chi connectivity index (χ1v) is 9.00. The lowest BCUT2D eigenvalue weighted by Crippen LogP contribution is -2.15. The van der Waals surface area contributed by atoms with Crippen molar-refractivity contribution in [3.63, 3.8) is 0 Å². The third-order valence-electron chi connectivity index (χ3n) is 4.67. The number of amides is 1. The Morgan fingerprint density at radius 1 is 1.04 bits per heavy atom. The summed E-state index contributed by atoms with van der Waals surface area (Å²) in [4.78, 5) is 11.9. The molecule has 0 saturated heterocycles. The molecule has 3 heteroatoms. The van der Waals surface area contributed by atoms with E-state index in [0.29, 0.717) is 19.4 Å². The van der Waals surface area contributed by atoms with E-state index in [1.165, 1.54) is 11.1 Å². The van der Waals surface area contributed by atoms with E-state index in [9.17, 15) is 4.79 Å². The van der Waals surface area contributed by atoms with E-state index in [0.717, 1.165) is 17.9 Å². The fraction of sp³-hybridized carbons (Fsp3) is 0.409. The van der Waals surface area contributed by atoms with Crippen molar-refractivity contribution in [3.05, 3.63) is 59.7 Å². The van der Waals surface area contributed by atoms with Crippen LogP contribution in [0.5, 0.6) is 5.75 Å². The molecule has 1 amide bonds. The van der Waals surface area contributed by atoms with Crippen LogP contribution in [0.3, 0.4) is 0 Å². The number of carbonyl (C=O) groups excluding carboxylic acids is 1. The zero-order valence-corrected chi connectivity index (χ0v) is 15.8. The van der Waals surface area contributed by atoms with Gasteiger partial charge >= 0.3 is 0 Å². The van der Waals surface area contributed by atoms with Crippen molar-refractivity contribution in [1.29, 1.82) is 0 Å². The predicted molar refractivity (Wildman–Crippen MR) is 104 cm³/mol. The van der Waals surface area contributed by atoms with Crippen LogP contribution in [0.2, 0.25) is 0 Å². The van der Waals surface area contributed by atoms with Gasteiger partial charge in [0.2, 0.25) is 5.91 Å². The smallest absolute Gasteiger partial charge is 0.224 e. The minimum atomic E-state index is 0.0208. The summed E-state index contributed by atoms with van der Waals surface area (Å²) in [5.74, 6) is 0.877. The first-order valence-electron chi connectivity index (χ1n) is 9.00. The first-order chi connectivity index (χ1) is 11.9. The average Bonchev–Trinajstić information content (AvgIpc) is 2.61. The molecule has 0 aliphatic carbocycles. The molecule has 0 aliphatic rings. The Labute approximate surface area is 151 Å². The number of hydrogen-bond donors (Lipinski definition) is 1. The fourth-order valence-electron chi connectivity index (χ4n) is 2.49. The molecule has 0 fully saturated rings. The van der Waals surface area contributed by atoms with Crippen LogP contribution in [-0.2, 0) is 10.2 Å². The number of carbonyl (C=O) groups is 1. The normalized spacial score (nSPS) is 11.2. The van der Waals surface area contributed by atoms with E-state index in [1.54, 1.807) is 0 Å². The van der Waals surface area contributed by atoms with Crippen molar-refractivity contribution in [2.45, 2.75) is 52.4 Å². The summed E-state index contributed by atoms with van der Waals surface area (Å²) in [5.41, 5.74) is 3.53. The molecular weight excluding hydrogens is 310 g/mol. The lowest BCUT2D eigenvalue weighted by Gasteiger charge is -2.23. The van der Waals surface area contributed by atoms with Crippen LogP contribution in [0, 0.1) is 6.92 Å². The number of benzene rings is 2. The van der Waals surface area contributed by atoms with Crippen molar-refractivity contribution in [2.75, 3.05) is 11.9 Å². The zero-order chi connectivity index (χ0) is 18.3. The Morgan fingerprint density at radius 2 is 1.68 bits per heavy atom. The molecule has 0 spiro atoms. The van der Waals surface area contributed by atoms with Crippen molar-refractivity contribution in [2.24, 2.45) is 0 Å². The Bertz CT molecular complexity index is 672. The highest BCUT2D eigenvalue weighted by atomic mass is 16.5. The number of anilines is 1. The maximum atomic E-state index is 11.9. The average molecular weight is 339 g/mol. The molecule has 25 heavy (non-hydrogen) atoms. The molecule has 1 N–H and O–H groups in total. The quantitative estimate of drug-likeness (QED) is 0.647. The van der Waals surface area contributed by atoms with Gasteiger partial charge in [0.25, 0.3) is 0 Å². The van der Waals surface area contributed by atoms with Gasteiger partial charge in [-0.3, -0.25) is 4.79 Å². The third kappa shape index (κ3) is 5.93. The summed E-state index contributed by atoms with van der Waals surface area (Å²) >= 11 is 0. The van der Waals surface area contributed by atoms with Crippen molar-refractivity contribution in [3.8, 4) is 5.75 Å².